The van der Waals surface area contributed by atoms with Crippen molar-refractivity contribution in [1.82, 2.24) is 14.7 Å². The summed E-state index contributed by atoms with van der Waals surface area (Å²) in [5.74, 6) is -1.10. The minimum atomic E-state index is -0.485. The van der Waals surface area contributed by atoms with E-state index in [2.05, 4.69) is 28.5 Å². The molecule has 5 atom stereocenters. The number of aromatic hydroxyl groups is 3. The van der Waals surface area contributed by atoms with Crippen LogP contribution in [0.4, 0.5) is 0 Å². The number of aliphatic hydroxyl groups excluding tert-OH is 1. The molecule has 2 aliphatic heterocycles. The summed E-state index contributed by atoms with van der Waals surface area (Å²) >= 11 is 0. The average Bonchev–Trinajstić information content (AvgIpc) is 2.66. The number of β-amino-alcohol motifs (C(OH)–C–C–N with tert-alkyl or cyclic N) is 1. The first-order valence-electron chi connectivity index (χ1n) is 10.5. The lowest BCUT2D eigenvalue weighted by Crippen LogP contribution is -2.59. The first-order valence-corrected chi connectivity index (χ1v) is 10.5. The molecule has 0 amide bonds. The van der Waals surface area contributed by atoms with Gasteiger partial charge in [0.05, 0.1) is 18.3 Å². The first-order chi connectivity index (χ1) is 13.7. The number of rotatable bonds is 4. The van der Waals surface area contributed by atoms with Crippen LogP contribution in [0.1, 0.15) is 26.3 Å². The van der Waals surface area contributed by atoms with Gasteiger partial charge in [0, 0.05) is 64.0 Å². The molecule has 3 rings (SSSR count). The number of fused-ring (bicyclic) bond motifs is 2. The van der Waals surface area contributed by atoms with Crippen LogP contribution in [0, 0.1) is 0 Å². The maximum atomic E-state index is 10.3. The third-order valence-electron chi connectivity index (χ3n) is 6.02. The zero-order chi connectivity index (χ0) is 21.1. The molecule has 4 N–H and O–H groups in total. The largest absolute Gasteiger partial charge is 0.504 e. The second-order valence-corrected chi connectivity index (χ2v) is 8.55. The van der Waals surface area contributed by atoms with Crippen molar-refractivity contribution in [3.63, 3.8) is 0 Å². The van der Waals surface area contributed by atoms with Gasteiger partial charge in [-0.1, -0.05) is 6.07 Å². The number of morpholine rings is 1. The summed E-state index contributed by atoms with van der Waals surface area (Å²) in [5, 5.41) is 39.6. The van der Waals surface area contributed by atoms with Gasteiger partial charge in [0.1, 0.15) is 0 Å². The Kier molecular flexibility index (Phi) is 7.23. The number of phenols is 3. The molecule has 0 aromatic heterocycles. The lowest BCUT2D eigenvalue weighted by molar-refractivity contribution is -0.122. The van der Waals surface area contributed by atoms with Crippen LogP contribution in [0.15, 0.2) is 12.1 Å². The highest BCUT2D eigenvalue weighted by atomic mass is 16.5. The molecule has 2 heterocycles. The summed E-state index contributed by atoms with van der Waals surface area (Å²) in [6, 6.07) is 3.30. The van der Waals surface area contributed by atoms with E-state index < -0.39 is 11.9 Å². The molecule has 164 valence electrons. The van der Waals surface area contributed by atoms with Gasteiger partial charge in [0.25, 0.3) is 0 Å². The van der Waals surface area contributed by atoms with Crippen molar-refractivity contribution in [2.45, 2.75) is 51.7 Å². The van der Waals surface area contributed by atoms with E-state index in [-0.39, 0.29) is 29.7 Å². The van der Waals surface area contributed by atoms with Crippen LogP contribution >= 0.6 is 0 Å². The summed E-state index contributed by atoms with van der Waals surface area (Å²) < 4.78 is 6.24. The highest BCUT2D eigenvalue weighted by molar-refractivity contribution is 5.53. The Balaban J connectivity index is 1.81. The lowest BCUT2D eigenvalue weighted by Gasteiger charge is -2.46. The molecule has 2 aliphatic rings. The molecule has 2 saturated heterocycles. The zero-order valence-electron chi connectivity index (χ0n) is 17.7. The Labute approximate surface area is 172 Å². The number of benzene rings is 1. The Morgan fingerprint density at radius 2 is 1.69 bits per heavy atom. The van der Waals surface area contributed by atoms with E-state index in [0.717, 1.165) is 32.7 Å². The van der Waals surface area contributed by atoms with E-state index in [4.69, 9.17) is 4.74 Å². The predicted octanol–water partition coefficient (Wildman–Crippen LogP) is 0.780. The molecule has 0 aliphatic carbocycles. The molecule has 1 aromatic carbocycles. The standard InChI is InChI=1S/C21H35N3O5/c1-14(25)10-22-6-7-23(12-17-4-5-18(26)21(28)20(17)27)13-19-16(3)24(9-8-22)11-15(2)29-19/h4-5,14-16,19,25-28H,6-13H2,1-3H3/t14-,15-,16?,19?/m0/s1. The number of hydrogen-bond acceptors (Lipinski definition) is 8. The van der Waals surface area contributed by atoms with Crippen molar-refractivity contribution in [3.05, 3.63) is 17.7 Å². The van der Waals surface area contributed by atoms with E-state index in [1.807, 2.05) is 6.92 Å². The number of nitrogens with zero attached hydrogens (tertiary/aromatic N) is 3. The number of ether oxygens (including phenoxy) is 1. The van der Waals surface area contributed by atoms with Gasteiger partial charge in [-0.2, -0.15) is 0 Å². The van der Waals surface area contributed by atoms with Crippen molar-refractivity contribution in [1.29, 1.82) is 0 Å². The van der Waals surface area contributed by atoms with Crippen LogP contribution in [-0.2, 0) is 11.3 Å². The Bertz CT molecular complexity index is 687. The molecular formula is C21H35N3O5. The van der Waals surface area contributed by atoms with Gasteiger partial charge in [-0.3, -0.25) is 14.7 Å². The normalized spacial score (nSPS) is 30.8. The maximum Gasteiger partial charge on any atom is 0.200 e. The fourth-order valence-corrected chi connectivity index (χ4v) is 4.37. The summed E-state index contributed by atoms with van der Waals surface area (Å²) in [4.78, 5) is 6.95. The van der Waals surface area contributed by atoms with Crippen LogP contribution in [-0.4, -0.2) is 105 Å². The summed E-state index contributed by atoms with van der Waals surface area (Å²) in [6.07, 6.45) is -0.193. The zero-order valence-corrected chi connectivity index (χ0v) is 17.7. The molecule has 1 aromatic rings. The van der Waals surface area contributed by atoms with Gasteiger partial charge in [0.2, 0.25) is 5.75 Å². The predicted molar refractivity (Wildman–Crippen MR) is 110 cm³/mol. The number of aliphatic hydroxyl groups is 1. The highest BCUT2D eigenvalue weighted by Gasteiger charge is 2.34. The van der Waals surface area contributed by atoms with E-state index in [1.54, 1.807) is 6.07 Å². The van der Waals surface area contributed by atoms with Gasteiger partial charge >= 0.3 is 0 Å². The molecule has 0 spiro atoms. The monoisotopic (exact) mass is 409 g/mol. The molecule has 0 saturated carbocycles. The Morgan fingerprint density at radius 1 is 1.00 bits per heavy atom. The highest BCUT2D eigenvalue weighted by Crippen LogP contribution is 2.37. The third kappa shape index (κ3) is 5.52. The maximum absolute atomic E-state index is 10.3. The van der Waals surface area contributed by atoms with E-state index in [9.17, 15) is 20.4 Å². The molecule has 2 bridgehead atoms. The first kappa shape index (κ1) is 22.1. The number of hydrogen-bond donors (Lipinski definition) is 4. The minimum absolute atomic E-state index is 0.0509. The van der Waals surface area contributed by atoms with Crippen molar-refractivity contribution in [2.75, 3.05) is 45.8 Å². The lowest BCUT2D eigenvalue weighted by atomic mass is 10.0. The third-order valence-corrected chi connectivity index (χ3v) is 6.02. The molecule has 0 radical (unpaired) electrons. The van der Waals surface area contributed by atoms with Crippen molar-refractivity contribution >= 4 is 0 Å². The van der Waals surface area contributed by atoms with Crippen LogP contribution in [0.3, 0.4) is 0 Å². The van der Waals surface area contributed by atoms with Gasteiger partial charge in [-0.15, -0.1) is 0 Å². The molecule has 8 heteroatoms. The van der Waals surface area contributed by atoms with Gasteiger partial charge in [-0.25, -0.2) is 0 Å². The van der Waals surface area contributed by atoms with Crippen LogP contribution in [0.5, 0.6) is 17.2 Å². The van der Waals surface area contributed by atoms with Crippen molar-refractivity contribution < 1.29 is 25.2 Å². The molecule has 2 fully saturated rings. The van der Waals surface area contributed by atoms with Crippen LogP contribution < -0.4 is 0 Å². The Morgan fingerprint density at radius 3 is 2.41 bits per heavy atom. The van der Waals surface area contributed by atoms with Crippen LogP contribution in [0.25, 0.3) is 0 Å². The molecule has 3 unspecified atom stereocenters. The van der Waals surface area contributed by atoms with Gasteiger partial charge in [-0.05, 0) is 26.8 Å². The summed E-state index contributed by atoms with van der Waals surface area (Å²) in [5.41, 5.74) is 0.563. The second kappa shape index (κ2) is 9.49. The second-order valence-electron chi connectivity index (χ2n) is 8.55. The van der Waals surface area contributed by atoms with E-state index in [1.165, 1.54) is 6.07 Å². The fourth-order valence-electron chi connectivity index (χ4n) is 4.37. The van der Waals surface area contributed by atoms with Gasteiger partial charge in [0.15, 0.2) is 11.5 Å². The van der Waals surface area contributed by atoms with Crippen molar-refractivity contribution in [3.8, 4) is 17.2 Å². The van der Waals surface area contributed by atoms with E-state index >= 15 is 0 Å². The van der Waals surface area contributed by atoms with Crippen LogP contribution in [0.2, 0.25) is 0 Å². The van der Waals surface area contributed by atoms with Crippen molar-refractivity contribution in [2.24, 2.45) is 0 Å². The van der Waals surface area contributed by atoms with Gasteiger partial charge < -0.3 is 25.2 Å². The Hall–Kier alpha value is -1.58. The molecule has 29 heavy (non-hydrogen) atoms. The number of phenolic OH excluding ortho intramolecular Hbond substituents is 3. The summed E-state index contributed by atoms with van der Waals surface area (Å²) in [6.45, 7) is 12.1. The molecule has 8 nitrogen and oxygen atoms in total. The SMILES string of the molecule is CC1C2CN(Cc3ccc(O)c(O)c3O)CCN(C[C@H](C)O)CCN1C[C@H](C)O2. The fraction of sp³-hybridized carbons (Fsp3) is 0.714. The smallest absolute Gasteiger partial charge is 0.200 e. The quantitative estimate of drug-likeness (QED) is 0.542. The van der Waals surface area contributed by atoms with E-state index in [0.29, 0.717) is 25.2 Å². The minimum Gasteiger partial charge on any atom is -0.504 e. The molecular weight excluding hydrogens is 374 g/mol. The average molecular weight is 410 g/mol. The summed E-state index contributed by atoms with van der Waals surface area (Å²) in [7, 11) is 0. The topological polar surface area (TPSA) is 99.9 Å².